The lowest BCUT2D eigenvalue weighted by Crippen LogP contribution is -2.37. The molecule has 0 fully saturated rings. The van der Waals surface area contributed by atoms with E-state index in [1.165, 1.54) is 141 Å². The van der Waals surface area contributed by atoms with E-state index < -0.39 is 0 Å². The molecule has 0 aromatic rings. The number of unbranched alkanes of at least 4 members (excludes halogenated alkanes) is 18. The van der Waals surface area contributed by atoms with E-state index in [-0.39, 0.29) is 0 Å². The van der Waals surface area contributed by atoms with E-state index in [1.54, 1.807) is 0 Å². The molecular weight excluding hydrogens is 364 g/mol. The largest absolute Gasteiger partial charge is 0.359 e. The minimum absolute atomic E-state index is 0.623. The molecule has 0 saturated carbocycles. The predicted octanol–water partition coefficient (Wildman–Crippen LogP) is 9.26. The molecule has 2 nitrogen and oxygen atoms in total. The average molecular weight is 421 g/mol. The van der Waals surface area contributed by atoms with Gasteiger partial charge in [0.05, 0.1) is 0 Å². The van der Waals surface area contributed by atoms with Crippen LogP contribution in [-0.2, 0) is 0 Å². The molecule has 0 saturated heterocycles. The molecule has 0 aliphatic carbocycles. The maximum Gasteiger partial charge on any atom is 0.100 e. The second kappa shape index (κ2) is 20.3. The lowest BCUT2D eigenvalue weighted by Gasteiger charge is -2.30. The Balaban J connectivity index is 1.94. The summed E-state index contributed by atoms with van der Waals surface area (Å²) in [5.41, 5.74) is 0. The highest BCUT2D eigenvalue weighted by Gasteiger charge is 2.22. The van der Waals surface area contributed by atoms with Crippen LogP contribution in [0, 0.1) is 0 Å². The van der Waals surface area contributed by atoms with E-state index in [4.69, 9.17) is 0 Å². The molecule has 2 heteroatoms. The Morgan fingerprint density at radius 2 is 0.900 bits per heavy atom. The molecule has 1 aliphatic rings. The first kappa shape index (κ1) is 27.4. The molecule has 0 N–H and O–H groups in total. The van der Waals surface area contributed by atoms with Crippen LogP contribution in [0.2, 0.25) is 0 Å². The molecule has 0 radical (unpaired) electrons. The third kappa shape index (κ3) is 14.4. The normalized spacial score (nSPS) is 16.2. The van der Waals surface area contributed by atoms with Crippen LogP contribution in [-0.4, -0.2) is 29.6 Å². The van der Waals surface area contributed by atoms with Gasteiger partial charge in [-0.05, 0) is 19.3 Å². The van der Waals surface area contributed by atoms with Crippen molar-refractivity contribution in [2.24, 2.45) is 0 Å². The molecule has 1 unspecified atom stereocenters. The van der Waals surface area contributed by atoms with Gasteiger partial charge in [-0.3, -0.25) is 0 Å². The zero-order chi connectivity index (χ0) is 21.7. The number of rotatable bonds is 22. The van der Waals surface area contributed by atoms with Gasteiger partial charge in [0.15, 0.2) is 0 Å². The summed E-state index contributed by atoms with van der Waals surface area (Å²) in [4.78, 5) is 5.04. The highest BCUT2D eigenvalue weighted by Crippen LogP contribution is 2.21. The molecule has 1 heterocycles. The summed E-state index contributed by atoms with van der Waals surface area (Å²) >= 11 is 0. The first-order valence-corrected chi connectivity index (χ1v) is 14.0. The number of hydrogen-bond acceptors (Lipinski definition) is 2. The maximum absolute atomic E-state index is 2.61. The van der Waals surface area contributed by atoms with Crippen LogP contribution in [0.5, 0.6) is 0 Å². The molecule has 0 aromatic carbocycles. The van der Waals surface area contributed by atoms with Crippen molar-refractivity contribution in [3.05, 3.63) is 12.4 Å². The summed E-state index contributed by atoms with van der Waals surface area (Å²) in [6.45, 7) is 5.85. The van der Waals surface area contributed by atoms with Crippen molar-refractivity contribution in [2.45, 2.75) is 155 Å². The van der Waals surface area contributed by atoms with E-state index in [1.807, 2.05) is 0 Å². The smallest absolute Gasteiger partial charge is 0.100 e. The highest BCUT2D eigenvalue weighted by atomic mass is 15.4. The molecular formula is C28H56N2. The fourth-order valence-corrected chi connectivity index (χ4v) is 4.81. The second-order valence-corrected chi connectivity index (χ2v) is 9.83. The third-order valence-electron chi connectivity index (χ3n) is 6.93. The molecule has 1 aliphatic heterocycles. The van der Waals surface area contributed by atoms with Gasteiger partial charge in [0.25, 0.3) is 0 Å². The van der Waals surface area contributed by atoms with Crippen LogP contribution in [0.3, 0.4) is 0 Å². The number of nitrogens with zero attached hydrogens (tertiary/aromatic N) is 2. The topological polar surface area (TPSA) is 6.48 Å². The minimum Gasteiger partial charge on any atom is -0.359 e. The van der Waals surface area contributed by atoms with Gasteiger partial charge in [-0.25, -0.2) is 0 Å². The van der Waals surface area contributed by atoms with Crippen molar-refractivity contribution in [1.82, 2.24) is 9.80 Å². The standard InChI is InChI=1S/C28H56N2/c1-4-6-8-10-12-14-15-16-17-18-20-22-24-28-29(3)26-27-30(28)25-23-21-19-13-11-9-7-5-2/h26-28H,4-25H2,1-3H3. The van der Waals surface area contributed by atoms with Gasteiger partial charge < -0.3 is 9.80 Å². The Bertz CT molecular complexity index is 379. The molecule has 0 bridgehead atoms. The summed E-state index contributed by atoms with van der Waals surface area (Å²) in [5, 5.41) is 0. The van der Waals surface area contributed by atoms with Crippen LogP contribution >= 0.6 is 0 Å². The van der Waals surface area contributed by atoms with Crippen molar-refractivity contribution in [1.29, 1.82) is 0 Å². The van der Waals surface area contributed by atoms with E-state index in [0.717, 1.165) is 0 Å². The van der Waals surface area contributed by atoms with E-state index in [2.05, 4.69) is 43.1 Å². The summed E-state index contributed by atoms with van der Waals surface area (Å²) in [7, 11) is 2.26. The summed E-state index contributed by atoms with van der Waals surface area (Å²) in [6, 6.07) is 0. The average Bonchev–Trinajstić information content (AvgIpc) is 3.10. The molecule has 30 heavy (non-hydrogen) atoms. The third-order valence-corrected chi connectivity index (χ3v) is 6.93. The zero-order valence-corrected chi connectivity index (χ0v) is 21.2. The van der Waals surface area contributed by atoms with Crippen LogP contribution in [0.1, 0.15) is 149 Å². The van der Waals surface area contributed by atoms with Crippen molar-refractivity contribution >= 4 is 0 Å². The summed E-state index contributed by atoms with van der Waals surface area (Å²) < 4.78 is 0. The molecule has 0 aromatic heterocycles. The first-order chi connectivity index (χ1) is 14.8. The Morgan fingerprint density at radius 3 is 1.37 bits per heavy atom. The molecule has 0 amide bonds. The Hall–Kier alpha value is -0.660. The van der Waals surface area contributed by atoms with Crippen molar-refractivity contribution in [3.63, 3.8) is 0 Å². The van der Waals surface area contributed by atoms with E-state index in [0.29, 0.717) is 6.17 Å². The van der Waals surface area contributed by atoms with Gasteiger partial charge in [-0.2, -0.15) is 0 Å². The van der Waals surface area contributed by atoms with E-state index in [9.17, 15) is 0 Å². The fraction of sp³-hybridized carbons (Fsp3) is 0.929. The quantitative estimate of drug-likeness (QED) is 0.161. The van der Waals surface area contributed by atoms with Crippen LogP contribution in [0.25, 0.3) is 0 Å². The molecule has 0 spiro atoms. The maximum atomic E-state index is 2.61. The Labute approximate surface area is 190 Å². The van der Waals surface area contributed by atoms with Gasteiger partial charge in [-0.15, -0.1) is 0 Å². The van der Waals surface area contributed by atoms with Gasteiger partial charge in [0.1, 0.15) is 6.17 Å². The lowest BCUT2D eigenvalue weighted by molar-refractivity contribution is 0.159. The first-order valence-electron chi connectivity index (χ1n) is 14.0. The SMILES string of the molecule is CCCCCCCCCCCCCCC1N(C)C=CN1CCCCCCCCCC. The highest BCUT2D eigenvalue weighted by molar-refractivity contribution is 4.95. The Morgan fingerprint density at radius 1 is 0.500 bits per heavy atom. The van der Waals surface area contributed by atoms with Gasteiger partial charge >= 0.3 is 0 Å². The molecule has 1 rings (SSSR count). The van der Waals surface area contributed by atoms with Gasteiger partial charge in [0, 0.05) is 26.0 Å². The lowest BCUT2D eigenvalue weighted by atomic mass is 10.0. The molecule has 1 atom stereocenters. The van der Waals surface area contributed by atoms with Crippen LogP contribution in [0.4, 0.5) is 0 Å². The Kier molecular flexibility index (Phi) is 18.5. The van der Waals surface area contributed by atoms with Crippen LogP contribution < -0.4 is 0 Å². The predicted molar refractivity (Wildman–Crippen MR) is 136 cm³/mol. The van der Waals surface area contributed by atoms with Gasteiger partial charge in [0.2, 0.25) is 0 Å². The van der Waals surface area contributed by atoms with Crippen molar-refractivity contribution in [3.8, 4) is 0 Å². The van der Waals surface area contributed by atoms with E-state index >= 15 is 0 Å². The minimum atomic E-state index is 0.623. The fourth-order valence-electron chi connectivity index (χ4n) is 4.81. The number of hydrogen-bond donors (Lipinski definition) is 0. The second-order valence-electron chi connectivity index (χ2n) is 9.83. The van der Waals surface area contributed by atoms with Crippen molar-refractivity contribution in [2.75, 3.05) is 13.6 Å². The monoisotopic (exact) mass is 420 g/mol. The van der Waals surface area contributed by atoms with Crippen molar-refractivity contribution < 1.29 is 0 Å². The zero-order valence-electron chi connectivity index (χ0n) is 21.2. The summed E-state index contributed by atoms with van der Waals surface area (Å²) in [5.74, 6) is 0. The summed E-state index contributed by atoms with van der Waals surface area (Å²) in [6.07, 6.45) is 35.2. The van der Waals surface area contributed by atoms with Crippen LogP contribution in [0.15, 0.2) is 12.4 Å². The van der Waals surface area contributed by atoms with Gasteiger partial charge in [-0.1, -0.05) is 129 Å². The molecule has 178 valence electrons.